The third kappa shape index (κ3) is 33.1. The van der Waals surface area contributed by atoms with E-state index in [1.807, 2.05) is 24.3 Å². The number of hydrogen-bond acceptors (Lipinski definition) is 8. The van der Waals surface area contributed by atoms with Gasteiger partial charge in [-0.15, -0.1) is 6.58 Å². The lowest BCUT2D eigenvalue weighted by Gasteiger charge is -2.34. The highest BCUT2D eigenvalue weighted by molar-refractivity contribution is 5.17. The first-order chi connectivity index (χ1) is 24.5. The minimum Gasteiger partial charge on any atom is -0.405 e. The van der Waals surface area contributed by atoms with Crippen molar-refractivity contribution < 1.29 is 0 Å². The van der Waals surface area contributed by atoms with Crippen molar-refractivity contribution in [2.45, 2.75) is 53.9 Å². The van der Waals surface area contributed by atoms with Crippen LogP contribution in [0.5, 0.6) is 0 Å². The van der Waals surface area contributed by atoms with Crippen LogP contribution in [-0.2, 0) is 6.42 Å². The number of nitrogens with zero attached hydrogens (tertiary/aromatic N) is 2. The minimum atomic E-state index is 0.351. The normalized spacial score (nSPS) is 13.0. The van der Waals surface area contributed by atoms with Gasteiger partial charge in [-0.2, -0.15) is 0 Å². The predicted octanol–water partition coefficient (Wildman–Crippen LogP) is 6.64. The number of aryl methyl sites for hydroxylation is 1. The monoisotopic (exact) mass is 707 g/mol. The Bertz CT molecular complexity index is 1070. The number of piperazine rings is 1. The fraction of sp³-hybridized carbons (Fsp3) is 0.488. The van der Waals surface area contributed by atoms with Crippen LogP contribution in [0.15, 0.2) is 123 Å². The van der Waals surface area contributed by atoms with Crippen molar-refractivity contribution in [1.29, 1.82) is 0 Å². The van der Waals surface area contributed by atoms with Crippen LogP contribution < -0.4 is 33.6 Å². The van der Waals surface area contributed by atoms with E-state index in [2.05, 4.69) is 148 Å². The van der Waals surface area contributed by atoms with Gasteiger partial charge in [0.25, 0.3) is 0 Å². The van der Waals surface area contributed by atoms with Crippen LogP contribution in [0, 0.1) is 24.7 Å². The molecule has 290 valence electrons. The number of benzene rings is 2. The Hall–Kier alpha value is -3.82. The Morgan fingerprint density at radius 3 is 1.69 bits per heavy atom. The summed E-state index contributed by atoms with van der Waals surface area (Å²) in [4.78, 5) is 4.98. The molecule has 0 aromatic heterocycles. The van der Waals surface area contributed by atoms with Crippen LogP contribution in [0.2, 0.25) is 0 Å². The van der Waals surface area contributed by atoms with Crippen molar-refractivity contribution in [1.82, 2.24) is 20.4 Å². The Labute approximate surface area is 314 Å². The highest BCUT2D eigenvalue weighted by Crippen LogP contribution is 2.17. The molecule has 0 spiro atoms. The van der Waals surface area contributed by atoms with Crippen LogP contribution in [0.25, 0.3) is 0 Å². The molecule has 1 fully saturated rings. The van der Waals surface area contributed by atoms with E-state index in [4.69, 9.17) is 5.73 Å². The van der Waals surface area contributed by atoms with Crippen LogP contribution in [-0.4, -0.2) is 75.8 Å². The molecule has 2 unspecified atom stereocenters. The number of nitrogens with one attached hydrogen (secondary N) is 2. The molecule has 1 saturated heterocycles. The molecular weight excluding hydrogens is 629 g/mol. The topological polar surface area (TPSA) is 135 Å². The molecule has 2 aromatic rings. The van der Waals surface area contributed by atoms with Gasteiger partial charge in [0.15, 0.2) is 0 Å². The summed E-state index contributed by atoms with van der Waals surface area (Å²) in [6.45, 7) is 38.6. The number of hydrogen-bond donors (Lipinski definition) is 6. The molecule has 8 heteroatoms. The van der Waals surface area contributed by atoms with E-state index in [-0.39, 0.29) is 0 Å². The molecule has 0 amide bonds. The van der Waals surface area contributed by atoms with Crippen molar-refractivity contribution in [2.24, 2.45) is 40.7 Å². The van der Waals surface area contributed by atoms with Gasteiger partial charge in [-0.1, -0.05) is 126 Å². The lowest BCUT2D eigenvalue weighted by molar-refractivity contribution is 0.143. The minimum absolute atomic E-state index is 0.351. The van der Waals surface area contributed by atoms with E-state index in [0.29, 0.717) is 18.4 Å². The lowest BCUT2D eigenvalue weighted by atomic mass is 9.96. The fourth-order valence-corrected chi connectivity index (χ4v) is 4.71. The zero-order chi connectivity index (χ0) is 39.3. The smallest absolute Gasteiger partial charge is 0.0271 e. The average Bonchev–Trinajstić information content (AvgIpc) is 3.11. The lowest BCUT2D eigenvalue weighted by Crippen LogP contribution is -2.48. The molecule has 2 aromatic carbocycles. The van der Waals surface area contributed by atoms with Crippen molar-refractivity contribution in [3.63, 3.8) is 0 Å². The van der Waals surface area contributed by atoms with Gasteiger partial charge >= 0.3 is 0 Å². The maximum atomic E-state index is 5.79. The largest absolute Gasteiger partial charge is 0.405 e. The summed E-state index contributed by atoms with van der Waals surface area (Å²) in [6, 6.07) is 20.9. The van der Waals surface area contributed by atoms with Gasteiger partial charge in [0.05, 0.1) is 0 Å². The van der Waals surface area contributed by atoms with Gasteiger partial charge in [-0.3, -0.25) is 9.80 Å². The molecule has 0 bridgehead atoms. The Morgan fingerprint density at radius 1 is 0.784 bits per heavy atom. The summed E-state index contributed by atoms with van der Waals surface area (Å²) >= 11 is 0. The maximum Gasteiger partial charge on any atom is 0.0271 e. The molecule has 8 nitrogen and oxygen atoms in total. The van der Waals surface area contributed by atoms with Crippen molar-refractivity contribution in [3.8, 4) is 0 Å². The number of nitrogens with two attached hydrogens (primary N) is 4. The zero-order valence-corrected chi connectivity index (χ0v) is 33.5. The van der Waals surface area contributed by atoms with Gasteiger partial charge in [-0.05, 0) is 69.6 Å². The third-order valence-electron chi connectivity index (χ3n) is 7.38. The van der Waals surface area contributed by atoms with Gasteiger partial charge in [-0.25, -0.2) is 0 Å². The van der Waals surface area contributed by atoms with Gasteiger partial charge < -0.3 is 33.6 Å². The molecule has 51 heavy (non-hydrogen) atoms. The molecule has 0 radical (unpaired) electrons. The number of allylic oxidation sites excluding steroid dienone is 1. The maximum absolute atomic E-state index is 5.79. The van der Waals surface area contributed by atoms with Crippen molar-refractivity contribution in [2.75, 3.05) is 66.0 Å². The second-order valence-corrected chi connectivity index (χ2v) is 12.9. The Balaban J connectivity index is -0.000000990. The Kier molecular flexibility index (Phi) is 37.8. The summed E-state index contributed by atoms with van der Waals surface area (Å²) < 4.78 is 0. The van der Waals surface area contributed by atoms with Gasteiger partial charge in [0, 0.05) is 69.7 Å². The van der Waals surface area contributed by atoms with E-state index in [0.717, 1.165) is 88.9 Å². The average molecular weight is 707 g/mol. The third-order valence-corrected chi connectivity index (χ3v) is 7.38. The highest BCUT2D eigenvalue weighted by Gasteiger charge is 2.17. The summed E-state index contributed by atoms with van der Waals surface area (Å²) in [5, 5.41) is 7.18. The van der Waals surface area contributed by atoms with Gasteiger partial charge in [0.1, 0.15) is 0 Å². The highest BCUT2D eigenvalue weighted by atomic mass is 15.3. The molecule has 3 rings (SSSR count). The first-order valence-corrected chi connectivity index (χ1v) is 18.4. The molecule has 2 atom stereocenters. The van der Waals surface area contributed by atoms with E-state index in [9.17, 15) is 0 Å². The predicted molar refractivity (Wildman–Crippen MR) is 229 cm³/mol. The van der Waals surface area contributed by atoms with E-state index >= 15 is 0 Å². The van der Waals surface area contributed by atoms with E-state index in [1.165, 1.54) is 30.6 Å². The molecular formula is C43H78N8. The summed E-state index contributed by atoms with van der Waals surface area (Å²) in [7, 11) is 1.50. The summed E-state index contributed by atoms with van der Waals surface area (Å²) in [5.41, 5.74) is 24.4. The van der Waals surface area contributed by atoms with Crippen LogP contribution >= 0.6 is 0 Å². The quantitative estimate of drug-likeness (QED) is 0.107. The van der Waals surface area contributed by atoms with Crippen molar-refractivity contribution >= 4 is 0 Å². The molecule has 1 heterocycles. The molecule has 0 saturated carbocycles. The Morgan fingerprint density at radius 2 is 1.25 bits per heavy atom. The number of rotatable bonds is 16. The van der Waals surface area contributed by atoms with Gasteiger partial charge in [0.2, 0.25) is 0 Å². The van der Waals surface area contributed by atoms with Crippen LogP contribution in [0.1, 0.15) is 51.7 Å². The molecule has 0 aliphatic carbocycles. The van der Waals surface area contributed by atoms with E-state index < -0.39 is 0 Å². The van der Waals surface area contributed by atoms with Crippen LogP contribution in [0.4, 0.5) is 0 Å². The summed E-state index contributed by atoms with van der Waals surface area (Å²) in [5.74, 6) is 1.57. The van der Waals surface area contributed by atoms with Crippen LogP contribution in [0.3, 0.4) is 0 Å². The molecule has 1 aliphatic rings. The fourth-order valence-electron chi connectivity index (χ4n) is 4.71. The SMILES string of the molecule is C=CCN1CCN(CCNC(=C)C(CCCN)CNC(=C)C(C)Cc2ccccc2)CC1.C=CN.C=CN.CC(C)C.CN.Cc1ccccc1. The second kappa shape index (κ2) is 37.4. The second-order valence-electron chi connectivity index (χ2n) is 12.9. The molecule has 10 N–H and O–H groups in total. The first kappa shape index (κ1) is 51.5. The van der Waals surface area contributed by atoms with Crippen molar-refractivity contribution in [3.05, 3.63) is 135 Å². The zero-order valence-electron chi connectivity index (χ0n) is 33.5. The molecule has 1 aliphatic heterocycles. The summed E-state index contributed by atoms with van der Waals surface area (Å²) in [6.07, 6.45) is 7.54. The first-order valence-electron chi connectivity index (χ1n) is 18.4. The van der Waals surface area contributed by atoms with E-state index in [1.54, 1.807) is 0 Å². The standard InChI is InChI=1S/C27H45N5.C7H8.C4H10.2C2H5N.CH5N/c1-5-15-31-17-19-32(20-18-31)16-14-29-25(4)27(12-9-13-28)22-30-24(3)23(2)21-26-10-7-6-8-11-26;1-7-5-3-2-4-6-7;1-4(2)3;2*1-2-3;1-2/h5-8,10-11,23,27,29-30H,1,3-4,9,12-22,28H2,2H3;2-6H,1H3;4H,1-3H3;2*2H,1,3H2;2H2,1H3.